The van der Waals surface area contributed by atoms with Crippen LogP contribution >= 0.6 is 24.2 Å². The number of hydrogen-bond donors (Lipinski definition) is 1. The van der Waals surface area contributed by atoms with Gasteiger partial charge in [-0.3, -0.25) is 4.79 Å². The quantitative estimate of drug-likeness (QED) is 0.650. The van der Waals surface area contributed by atoms with Gasteiger partial charge >= 0.3 is 0 Å². The molecule has 4 heteroatoms. The number of para-hydroxylation sites is 1. The number of rotatable bonds is 4. The Hall–Kier alpha value is -0.670. The molecule has 0 spiro atoms. The molecule has 82 valence electrons. The van der Waals surface area contributed by atoms with E-state index in [2.05, 4.69) is 12.6 Å². The third-order valence-electron chi connectivity index (χ3n) is 1.94. The lowest BCUT2D eigenvalue weighted by Gasteiger charge is -2.14. The molecule has 0 aromatic heterocycles. The summed E-state index contributed by atoms with van der Waals surface area (Å²) >= 11 is 10.3. The Bertz CT molecular complexity index is 366. The molecular weight excluding hydrogens is 232 g/mol. The summed E-state index contributed by atoms with van der Waals surface area (Å²) in [4.78, 5) is 11.9. The molecule has 2 nitrogen and oxygen atoms in total. The molecule has 1 rings (SSSR count). The fourth-order valence-electron chi connectivity index (χ4n) is 1.26. The number of hydrogen-bond acceptors (Lipinski definition) is 3. The summed E-state index contributed by atoms with van der Waals surface area (Å²) in [6.07, 6.45) is 0. The van der Waals surface area contributed by atoms with E-state index in [0.29, 0.717) is 22.8 Å². The van der Waals surface area contributed by atoms with Crippen LogP contribution in [-0.4, -0.2) is 12.4 Å². The molecular formula is C11H13ClO2S. The van der Waals surface area contributed by atoms with Gasteiger partial charge in [0.2, 0.25) is 0 Å². The van der Waals surface area contributed by atoms with Crippen molar-refractivity contribution < 1.29 is 9.53 Å². The first-order valence-corrected chi connectivity index (χ1v) is 5.55. The predicted molar refractivity (Wildman–Crippen MR) is 64.1 cm³/mol. The smallest absolute Gasteiger partial charge is 0.152 e. The van der Waals surface area contributed by atoms with Crippen molar-refractivity contribution in [1.82, 2.24) is 0 Å². The summed E-state index contributed by atoms with van der Waals surface area (Å²) in [5.74, 6) is 0.495. The highest BCUT2D eigenvalue weighted by atomic mass is 35.5. The average molecular weight is 245 g/mol. The second kappa shape index (κ2) is 5.42. The number of ether oxygens (including phenoxy) is 1. The first kappa shape index (κ1) is 12.4. The van der Waals surface area contributed by atoms with Crippen LogP contribution in [-0.2, 0) is 4.79 Å². The Morgan fingerprint density at radius 1 is 1.60 bits per heavy atom. The Morgan fingerprint density at radius 3 is 2.80 bits per heavy atom. The molecule has 0 saturated carbocycles. The number of ketones is 1. The SMILES string of the molecule is CCOc1c(S)cccc1C(Cl)C(C)=O. The molecule has 1 atom stereocenters. The first-order chi connectivity index (χ1) is 7.07. The van der Waals surface area contributed by atoms with E-state index in [0.717, 1.165) is 0 Å². The molecule has 0 N–H and O–H groups in total. The molecule has 1 aromatic carbocycles. The molecule has 0 radical (unpaired) electrons. The monoisotopic (exact) mass is 244 g/mol. The molecule has 0 saturated heterocycles. The zero-order valence-electron chi connectivity index (χ0n) is 8.66. The normalized spacial score (nSPS) is 12.3. The number of thiol groups is 1. The molecule has 15 heavy (non-hydrogen) atoms. The lowest BCUT2D eigenvalue weighted by molar-refractivity contribution is -0.116. The summed E-state index contributed by atoms with van der Waals surface area (Å²) in [7, 11) is 0. The highest BCUT2D eigenvalue weighted by Crippen LogP contribution is 2.35. The summed E-state index contributed by atoms with van der Waals surface area (Å²) in [5.41, 5.74) is 0.679. The van der Waals surface area contributed by atoms with Crippen molar-refractivity contribution in [3.05, 3.63) is 23.8 Å². The lowest BCUT2D eigenvalue weighted by Crippen LogP contribution is -2.05. The summed E-state index contributed by atoms with van der Waals surface area (Å²) in [6.45, 7) is 3.85. The van der Waals surface area contributed by atoms with Crippen molar-refractivity contribution in [3.8, 4) is 5.75 Å². The summed E-state index contributed by atoms with van der Waals surface area (Å²) in [5, 5.41) is -0.668. The van der Waals surface area contributed by atoms with Gasteiger partial charge in [0, 0.05) is 10.5 Å². The van der Waals surface area contributed by atoms with Crippen molar-refractivity contribution in [1.29, 1.82) is 0 Å². The van der Waals surface area contributed by atoms with E-state index in [1.54, 1.807) is 18.2 Å². The molecule has 1 aromatic rings. The van der Waals surface area contributed by atoms with Gasteiger partial charge < -0.3 is 4.74 Å². The third kappa shape index (κ3) is 2.89. The second-order valence-corrected chi connectivity index (χ2v) is 4.02. The van der Waals surface area contributed by atoms with Crippen LogP contribution in [0.2, 0.25) is 0 Å². The van der Waals surface area contributed by atoms with E-state index in [-0.39, 0.29) is 5.78 Å². The Balaban J connectivity index is 3.15. The minimum absolute atomic E-state index is 0.100. The fraction of sp³-hybridized carbons (Fsp3) is 0.364. The Morgan fingerprint density at radius 2 is 2.27 bits per heavy atom. The summed E-state index contributed by atoms with van der Waals surface area (Å²) in [6, 6.07) is 5.39. The number of Topliss-reactive ketones (excluding diaryl/α,β-unsaturated/α-hetero) is 1. The van der Waals surface area contributed by atoms with Crippen molar-refractivity contribution >= 4 is 30.0 Å². The Labute approximate surface area is 100.0 Å². The van der Waals surface area contributed by atoms with E-state index >= 15 is 0 Å². The second-order valence-electron chi connectivity index (χ2n) is 3.10. The maximum Gasteiger partial charge on any atom is 0.152 e. The average Bonchev–Trinajstić information content (AvgIpc) is 2.20. The van der Waals surface area contributed by atoms with Gasteiger partial charge in [0.1, 0.15) is 11.1 Å². The number of alkyl halides is 1. The van der Waals surface area contributed by atoms with Crippen molar-refractivity contribution in [2.75, 3.05) is 6.61 Å². The van der Waals surface area contributed by atoms with Crippen molar-refractivity contribution in [2.45, 2.75) is 24.1 Å². The van der Waals surface area contributed by atoms with E-state index in [1.165, 1.54) is 6.92 Å². The van der Waals surface area contributed by atoms with Gasteiger partial charge in [0.05, 0.1) is 6.61 Å². The van der Waals surface area contributed by atoms with Gasteiger partial charge in [0.25, 0.3) is 0 Å². The fourth-order valence-corrected chi connectivity index (χ4v) is 1.71. The van der Waals surface area contributed by atoms with E-state index < -0.39 is 5.38 Å². The lowest BCUT2D eigenvalue weighted by atomic mass is 10.1. The van der Waals surface area contributed by atoms with Gasteiger partial charge in [0.15, 0.2) is 5.78 Å². The predicted octanol–water partition coefficient (Wildman–Crippen LogP) is 3.24. The third-order valence-corrected chi connectivity index (χ3v) is 2.84. The number of carbonyl (C=O) groups excluding carboxylic acids is 1. The van der Waals surface area contributed by atoms with Crippen molar-refractivity contribution in [2.24, 2.45) is 0 Å². The highest BCUT2D eigenvalue weighted by molar-refractivity contribution is 7.80. The van der Waals surface area contributed by atoms with E-state index in [1.807, 2.05) is 6.92 Å². The van der Waals surface area contributed by atoms with Gasteiger partial charge in [-0.05, 0) is 19.9 Å². The zero-order valence-corrected chi connectivity index (χ0v) is 10.3. The Kier molecular flexibility index (Phi) is 4.48. The van der Waals surface area contributed by atoms with Crippen LogP contribution in [0.25, 0.3) is 0 Å². The summed E-state index contributed by atoms with van der Waals surface area (Å²) < 4.78 is 5.43. The van der Waals surface area contributed by atoms with Gasteiger partial charge in [-0.15, -0.1) is 24.2 Å². The van der Waals surface area contributed by atoms with Gasteiger partial charge in [-0.2, -0.15) is 0 Å². The van der Waals surface area contributed by atoms with Gasteiger partial charge in [-0.25, -0.2) is 0 Å². The van der Waals surface area contributed by atoms with Crippen LogP contribution in [0.5, 0.6) is 5.75 Å². The molecule has 0 aliphatic rings. The van der Waals surface area contributed by atoms with Crippen LogP contribution < -0.4 is 4.74 Å². The number of benzene rings is 1. The highest BCUT2D eigenvalue weighted by Gasteiger charge is 2.19. The maximum absolute atomic E-state index is 11.2. The topological polar surface area (TPSA) is 26.3 Å². The van der Waals surface area contributed by atoms with Gasteiger partial charge in [-0.1, -0.05) is 12.1 Å². The molecule has 0 heterocycles. The maximum atomic E-state index is 11.2. The van der Waals surface area contributed by atoms with E-state index in [9.17, 15) is 4.79 Å². The molecule has 0 aliphatic heterocycles. The van der Waals surface area contributed by atoms with Crippen LogP contribution in [0.1, 0.15) is 24.8 Å². The first-order valence-electron chi connectivity index (χ1n) is 4.67. The minimum Gasteiger partial charge on any atom is -0.492 e. The van der Waals surface area contributed by atoms with Crippen LogP contribution in [0.15, 0.2) is 23.1 Å². The molecule has 0 amide bonds. The minimum atomic E-state index is -0.668. The number of halogens is 1. The van der Waals surface area contributed by atoms with Crippen molar-refractivity contribution in [3.63, 3.8) is 0 Å². The van der Waals surface area contributed by atoms with Crippen LogP contribution in [0.3, 0.4) is 0 Å². The van der Waals surface area contributed by atoms with E-state index in [4.69, 9.17) is 16.3 Å². The largest absolute Gasteiger partial charge is 0.492 e. The van der Waals surface area contributed by atoms with Crippen LogP contribution in [0.4, 0.5) is 0 Å². The molecule has 1 unspecified atom stereocenters. The molecule has 0 bridgehead atoms. The molecule has 0 aliphatic carbocycles. The molecule has 0 fully saturated rings. The number of carbonyl (C=O) groups is 1. The van der Waals surface area contributed by atoms with Crippen LogP contribution in [0, 0.1) is 0 Å². The zero-order chi connectivity index (χ0) is 11.4. The standard InChI is InChI=1S/C11H13ClO2S/c1-3-14-11-8(10(12)7(2)13)5-4-6-9(11)15/h4-6,10,15H,3H2,1-2H3.